The van der Waals surface area contributed by atoms with Crippen LogP contribution >= 0.6 is 0 Å². The van der Waals surface area contributed by atoms with Crippen LogP contribution in [0.2, 0.25) is 0 Å². The molecule has 190 valence electrons. The topological polar surface area (TPSA) is 106 Å². The lowest BCUT2D eigenvalue weighted by Gasteiger charge is -2.26. The lowest BCUT2D eigenvalue weighted by atomic mass is 10.2. The summed E-state index contributed by atoms with van der Waals surface area (Å²) >= 11 is 0. The summed E-state index contributed by atoms with van der Waals surface area (Å²) < 4.78 is 13.1. The lowest BCUT2D eigenvalue weighted by Crippen LogP contribution is -2.37. The number of benzene rings is 2. The minimum atomic E-state index is -0.272. The standard InChI is InChI=1S/C27H29N7O3/c1-2-25(35)30-21-5-3-6-22(17-21)34-19-29-24-18-28-27(32-26(24)34)31-20-7-9-23(10-8-20)37-14-4-11-33-12-15-36-16-13-33/h2-3,5-10,17-19H,1,4,11-16H2,(H,30,35)(H,28,31,32). The number of imidazole rings is 1. The molecule has 1 aliphatic rings. The summed E-state index contributed by atoms with van der Waals surface area (Å²) in [4.78, 5) is 27.5. The number of hydrogen-bond acceptors (Lipinski definition) is 8. The molecular weight excluding hydrogens is 470 g/mol. The SMILES string of the molecule is C=CC(=O)Nc1cccc(-n2cnc3cnc(Nc4ccc(OCCCN5CCOCC5)cc4)nc32)c1. The van der Waals surface area contributed by atoms with Crippen LogP contribution in [-0.2, 0) is 9.53 Å². The van der Waals surface area contributed by atoms with Crippen molar-refractivity contribution >= 4 is 34.4 Å². The molecule has 3 heterocycles. The van der Waals surface area contributed by atoms with Crippen LogP contribution < -0.4 is 15.4 Å². The minimum absolute atomic E-state index is 0.272. The maximum atomic E-state index is 11.7. The zero-order chi connectivity index (χ0) is 25.5. The van der Waals surface area contributed by atoms with Crippen LogP contribution in [0.25, 0.3) is 16.9 Å². The van der Waals surface area contributed by atoms with Crippen LogP contribution in [0.5, 0.6) is 5.75 Å². The van der Waals surface area contributed by atoms with E-state index in [1.807, 2.05) is 53.1 Å². The minimum Gasteiger partial charge on any atom is -0.494 e. The molecule has 0 saturated carbocycles. The number of rotatable bonds is 10. The van der Waals surface area contributed by atoms with Crippen LogP contribution in [-0.4, -0.2) is 69.8 Å². The van der Waals surface area contributed by atoms with Gasteiger partial charge < -0.3 is 20.1 Å². The van der Waals surface area contributed by atoms with Crippen molar-refractivity contribution in [3.05, 3.63) is 73.7 Å². The third-order valence-electron chi connectivity index (χ3n) is 5.97. The number of hydrogen-bond donors (Lipinski definition) is 2. The molecule has 10 nitrogen and oxygen atoms in total. The number of ether oxygens (including phenoxy) is 2. The van der Waals surface area contributed by atoms with Gasteiger partial charge in [-0.25, -0.2) is 9.97 Å². The van der Waals surface area contributed by atoms with Crippen molar-refractivity contribution in [2.75, 3.05) is 50.1 Å². The van der Waals surface area contributed by atoms with Gasteiger partial charge in [-0.2, -0.15) is 4.98 Å². The fourth-order valence-corrected chi connectivity index (χ4v) is 4.05. The monoisotopic (exact) mass is 499 g/mol. The largest absolute Gasteiger partial charge is 0.494 e. The van der Waals surface area contributed by atoms with Crippen LogP contribution in [0, 0.1) is 0 Å². The Balaban J connectivity index is 1.22. The molecule has 2 aromatic carbocycles. The molecule has 1 fully saturated rings. The van der Waals surface area contributed by atoms with E-state index in [1.54, 1.807) is 12.5 Å². The molecule has 4 aromatic rings. The van der Waals surface area contributed by atoms with Gasteiger partial charge in [0.2, 0.25) is 11.9 Å². The Morgan fingerprint density at radius 3 is 2.76 bits per heavy atom. The molecule has 10 heteroatoms. The number of anilines is 3. The highest BCUT2D eigenvalue weighted by Gasteiger charge is 2.11. The molecule has 0 bridgehead atoms. The van der Waals surface area contributed by atoms with Gasteiger partial charge in [0, 0.05) is 31.0 Å². The summed E-state index contributed by atoms with van der Waals surface area (Å²) in [6.07, 6.45) is 5.57. The fraction of sp³-hybridized carbons (Fsp3) is 0.259. The first-order valence-corrected chi connectivity index (χ1v) is 12.2. The zero-order valence-electron chi connectivity index (χ0n) is 20.5. The molecule has 1 aliphatic heterocycles. The summed E-state index contributed by atoms with van der Waals surface area (Å²) in [5.41, 5.74) is 3.61. The first-order valence-electron chi connectivity index (χ1n) is 12.2. The first kappa shape index (κ1) is 24.4. The van der Waals surface area contributed by atoms with Gasteiger partial charge in [-0.05, 0) is 55.0 Å². The third-order valence-corrected chi connectivity index (χ3v) is 5.97. The van der Waals surface area contributed by atoms with Crippen molar-refractivity contribution < 1.29 is 14.3 Å². The molecule has 1 saturated heterocycles. The average Bonchev–Trinajstić information content (AvgIpc) is 3.36. The van der Waals surface area contributed by atoms with Gasteiger partial charge in [0.1, 0.15) is 17.6 Å². The van der Waals surface area contributed by atoms with Gasteiger partial charge in [-0.1, -0.05) is 12.6 Å². The van der Waals surface area contributed by atoms with E-state index in [0.717, 1.165) is 56.4 Å². The van der Waals surface area contributed by atoms with Crippen molar-refractivity contribution in [3.8, 4) is 11.4 Å². The van der Waals surface area contributed by atoms with Gasteiger partial charge >= 0.3 is 0 Å². The molecule has 0 aliphatic carbocycles. The highest BCUT2D eigenvalue weighted by Crippen LogP contribution is 2.22. The van der Waals surface area contributed by atoms with E-state index in [2.05, 4.69) is 37.1 Å². The number of carbonyl (C=O) groups excluding carboxylic acids is 1. The maximum Gasteiger partial charge on any atom is 0.247 e. The molecule has 0 radical (unpaired) electrons. The number of carbonyl (C=O) groups is 1. The van der Waals surface area contributed by atoms with Crippen LogP contribution in [0.1, 0.15) is 6.42 Å². The van der Waals surface area contributed by atoms with Crippen molar-refractivity contribution in [3.63, 3.8) is 0 Å². The number of fused-ring (bicyclic) bond motifs is 1. The molecule has 5 rings (SSSR count). The second-order valence-corrected chi connectivity index (χ2v) is 8.57. The van der Waals surface area contributed by atoms with Gasteiger partial charge in [0.25, 0.3) is 0 Å². The average molecular weight is 500 g/mol. The van der Waals surface area contributed by atoms with E-state index >= 15 is 0 Å². The Bertz CT molecular complexity index is 1360. The Hall–Kier alpha value is -4.28. The summed E-state index contributed by atoms with van der Waals surface area (Å²) in [7, 11) is 0. The number of nitrogens with zero attached hydrogens (tertiary/aromatic N) is 5. The maximum absolute atomic E-state index is 11.7. The predicted molar refractivity (Wildman–Crippen MR) is 143 cm³/mol. The van der Waals surface area contributed by atoms with Crippen molar-refractivity contribution in [2.45, 2.75) is 6.42 Å². The Kier molecular flexibility index (Phi) is 7.68. The molecule has 0 unspecified atom stereocenters. The molecular formula is C27H29N7O3. The molecule has 1 amide bonds. The van der Waals surface area contributed by atoms with E-state index < -0.39 is 0 Å². The van der Waals surface area contributed by atoms with E-state index in [-0.39, 0.29) is 5.91 Å². The molecule has 0 atom stereocenters. The fourth-order valence-electron chi connectivity index (χ4n) is 4.05. The van der Waals surface area contributed by atoms with Crippen LogP contribution in [0.3, 0.4) is 0 Å². The quantitative estimate of drug-likeness (QED) is 0.251. The predicted octanol–water partition coefficient (Wildman–Crippen LogP) is 3.78. The first-order chi connectivity index (χ1) is 18.2. The normalized spacial score (nSPS) is 13.8. The highest BCUT2D eigenvalue weighted by molar-refractivity contribution is 5.99. The third kappa shape index (κ3) is 6.29. The second kappa shape index (κ2) is 11.6. The van der Waals surface area contributed by atoms with E-state index in [1.165, 1.54) is 6.08 Å². The summed E-state index contributed by atoms with van der Waals surface area (Å²) in [5.74, 6) is 1.00. The number of aromatic nitrogens is 4. The van der Waals surface area contributed by atoms with Gasteiger partial charge in [-0.3, -0.25) is 14.3 Å². The van der Waals surface area contributed by atoms with Gasteiger partial charge in [0.05, 0.1) is 31.7 Å². The summed E-state index contributed by atoms with van der Waals surface area (Å²) in [6, 6.07) is 15.2. The van der Waals surface area contributed by atoms with Gasteiger partial charge in [0.15, 0.2) is 5.65 Å². The number of morpholine rings is 1. The molecule has 0 spiro atoms. The Morgan fingerprint density at radius 1 is 1.11 bits per heavy atom. The van der Waals surface area contributed by atoms with Crippen LogP contribution in [0.15, 0.2) is 73.7 Å². The van der Waals surface area contributed by atoms with E-state index in [4.69, 9.17) is 9.47 Å². The van der Waals surface area contributed by atoms with Crippen LogP contribution in [0.4, 0.5) is 17.3 Å². The van der Waals surface area contributed by atoms with Crippen molar-refractivity contribution in [2.24, 2.45) is 0 Å². The Labute approximate surface area is 215 Å². The van der Waals surface area contributed by atoms with E-state index in [0.29, 0.717) is 29.4 Å². The number of nitrogens with one attached hydrogen (secondary N) is 2. The molecule has 2 N–H and O–H groups in total. The lowest BCUT2D eigenvalue weighted by molar-refractivity contribution is -0.111. The molecule has 37 heavy (non-hydrogen) atoms. The highest BCUT2D eigenvalue weighted by atomic mass is 16.5. The Morgan fingerprint density at radius 2 is 1.95 bits per heavy atom. The van der Waals surface area contributed by atoms with Crippen molar-refractivity contribution in [1.82, 2.24) is 24.4 Å². The molecule has 2 aromatic heterocycles. The van der Waals surface area contributed by atoms with E-state index in [9.17, 15) is 4.79 Å². The summed E-state index contributed by atoms with van der Waals surface area (Å²) in [5, 5.41) is 6.01. The van der Waals surface area contributed by atoms with Gasteiger partial charge in [-0.15, -0.1) is 0 Å². The summed E-state index contributed by atoms with van der Waals surface area (Å²) in [6.45, 7) is 8.81. The zero-order valence-corrected chi connectivity index (χ0v) is 20.5. The van der Waals surface area contributed by atoms with Crippen molar-refractivity contribution in [1.29, 1.82) is 0 Å². The second-order valence-electron chi connectivity index (χ2n) is 8.57. The number of amides is 1. The smallest absolute Gasteiger partial charge is 0.247 e.